The molecule has 1 fully saturated rings. The zero-order valence-electron chi connectivity index (χ0n) is 22.1. The lowest BCUT2D eigenvalue weighted by atomic mass is 9.93. The first kappa shape index (κ1) is 31.7. The molecule has 0 aliphatic carbocycles. The van der Waals surface area contributed by atoms with Gasteiger partial charge in [-0.05, 0) is 38.2 Å². The monoisotopic (exact) mass is 550 g/mol. The largest absolute Gasteiger partial charge is 0.481 e. The molecule has 1 aliphatic rings. The van der Waals surface area contributed by atoms with E-state index in [4.69, 9.17) is 15.6 Å². The second-order valence-electron chi connectivity index (χ2n) is 9.63. The number of carbonyl (C=O) groups is 5. The highest BCUT2D eigenvalue weighted by atomic mass is 16.5. The molecule has 1 aromatic carbocycles. The first-order valence-electron chi connectivity index (χ1n) is 12.8. The molecule has 0 spiro atoms. The molecule has 39 heavy (non-hydrogen) atoms. The van der Waals surface area contributed by atoms with Gasteiger partial charge in [0.2, 0.25) is 17.7 Å². The molecular formula is C26H38N4O9. The third-order valence-corrected chi connectivity index (χ3v) is 6.66. The van der Waals surface area contributed by atoms with E-state index in [2.05, 4.69) is 10.6 Å². The Morgan fingerprint density at radius 2 is 1.79 bits per heavy atom. The van der Waals surface area contributed by atoms with Crippen LogP contribution in [0.4, 0.5) is 0 Å². The molecule has 3 amide bonds. The number of aliphatic carboxylic acids is 2. The van der Waals surface area contributed by atoms with Crippen molar-refractivity contribution in [3.8, 4) is 0 Å². The Morgan fingerprint density at radius 1 is 1.13 bits per heavy atom. The van der Waals surface area contributed by atoms with Crippen molar-refractivity contribution in [2.24, 2.45) is 5.73 Å². The summed E-state index contributed by atoms with van der Waals surface area (Å²) >= 11 is 0. The number of rotatable bonds is 14. The van der Waals surface area contributed by atoms with Crippen molar-refractivity contribution < 1.29 is 44.0 Å². The van der Waals surface area contributed by atoms with Crippen molar-refractivity contribution >= 4 is 29.7 Å². The minimum atomic E-state index is -1.42. The van der Waals surface area contributed by atoms with E-state index in [1.807, 2.05) is 30.3 Å². The van der Waals surface area contributed by atoms with E-state index in [0.717, 1.165) is 5.56 Å². The van der Waals surface area contributed by atoms with E-state index in [-0.39, 0.29) is 25.8 Å². The molecule has 0 unspecified atom stereocenters. The van der Waals surface area contributed by atoms with Crippen LogP contribution in [0, 0.1) is 0 Å². The molecule has 0 saturated carbocycles. The van der Waals surface area contributed by atoms with Crippen LogP contribution in [0.3, 0.4) is 0 Å². The minimum absolute atomic E-state index is 0.215. The summed E-state index contributed by atoms with van der Waals surface area (Å²) in [6, 6.07) is 4.52. The van der Waals surface area contributed by atoms with Crippen molar-refractivity contribution in [1.29, 1.82) is 0 Å². The van der Waals surface area contributed by atoms with Gasteiger partial charge in [0.1, 0.15) is 12.1 Å². The lowest BCUT2D eigenvalue weighted by Gasteiger charge is -2.42. The highest BCUT2D eigenvalue weighted by molar-refractivity contribution is 5.91. The second kappa shape index (κ2) is 15.1. The van der Waals surface area contributed by atoms with Gasteiger partial charge in [0.25, 0.3) is 0 Å². The number of piperidine rings is 1. The smallest absolute Gasteiger partial charge is 0.326 e. The van der Waals surface area contributed by atoms with E-state index in [1.54, 1.807) is 0 Å². The SMILES string of the molecule is CO[C@@H]1CCCN(C(=O)[C@@H](NC(=O)[C@@H](N)Cc2ccccc2)[C@H](C)O)[C@@H]1CC(=O)N[C@@H](CCC(=O)O)C(=O)O. The number of ether oxygens (including phenoxy) is 1. The summed E-state index contributed by atoms with van der Waals surface area (Å²) in [7, 11) is 1.42. The Kier molecular flexibility index (Phi) is 12.3. The lowest BCUT2D eigenvalue weighted by molar-refractivity contribution is -0.149. The van der Waals surface area contributed by atoms with E-state index < -0.39 is 72.5 Å². The molecule has 13 nitrogen and oxygen atoms in total. The summed E-state index contributed by atoms with van der Waals surface area (Å²) < 4.78 is 5.50. The van der Waals surface area contributed by atoms with Crippen LogP contribution in [0.2, 0.25) is 0 Å². The van der Waals surface area contributed by atoms with Crippen LogP contribution in [-0.4, -0.2) is 99.9 Å². The summed E-state index contributed by atoms with van der Waals surface area (Å²) in [5.41, 5.74) is 6.88. The maximum absolute atomic E-state index is 13.6. The Balaban J connectivity index is 2.15. The molecule has 1 heterocycles. The normalized spacial score (nSPS) is 20.3. The number of nitrogens with one attached hydrogen (secondary N) is 2. The predicted molar refractivity (Wildman–Crippen MR) is 138 cm³/mol. The van der Waals surface area contributed by atoms with Gasteiger partial charge in [-0.25, -0.2) is 4.79 Å². The number of hydrogen-bond donors (Lipinski definition) is 6. The summed E-state index contributed by atoms with van der Waals surface area (Å²) in [5, 5.41) is 33.4. The van der Waals surface area contributed by atoms with Crippen LogP contribution in [0.1, 0.15) is 44.6 Å². The van der Waals surface area contributed by atoms with Crippen molar-refractivity contribution in [1.82, 2.24) is 15.5 Å². The summed E-state index contributed by atoms with van der Waals surface area (Å²) in [6.07, 6.45) is -1.66. The van der Waals surface area contributed by atoms with Crippen molar-refractivity contribution in [3.05, 3.63) is 35.9 Å². The molecule has 2 rings (SSSR count). The Hall–Kier alpha value is -3.55. The first-order chi connectivity index (χ1) is 18.4. The molecule has 1 saturated heterocycles. The summed E-state index contributed by atoms with van der Waals surface area (Å²) in [6.45, 7) is 1.57. The predicted octanol–water partition coefficient (Wildman–Crippen LogP) is -0.748. The van der Waals surface area contributed by atoms with Gasteiger partial charge in [0.15, 0.2) is 0 Å². The third-order valence-electron chi connectivity index (χ3n) is 6.66. The first-order valence-corrected chi connectivity index (χ1v) is 12.8. The Morgan fingerprint density at radius 3 is 2.36 bits per heavy atom. The third kappa shape index (κ3) is 9.61. The average Bonchev–Trinajstić information content (AvgIpc) is 2.89. The second-order valence-corrected chi connectivity index (χ2v) is 9.63. The molecule has 0 radical (unpaired) electrons. The van der Waals surface area contributed by atoms with Gasteiger partial charge in [-0.2, -0.15) is 0 Å². The molecule has 0 bridgehead atoms. The van der Waals surface area contributed by atoms with Crippen LogP contribution in [0.5, 0.6) is 0 Å². The van der Waals surface area contributed by atoms with E-state index in [9.17, 15) is 34.2 Å². The van der Waals surface area contributed by atoms with Crippen LogP contribution in [0.25, 0.3) is 0 Å². The number of aliphatic hydroxyl groups is 1. The van der Waals surface area contributed by atoms with E-state index in [0.29, 0.717) is 12.8 Å². The number of methoxy groups -OCH3 is 1. The van der Waals surface area contributed by atoms with Gasteiger partial charge in [-0.3, -0.25) is 19.2 Å². The molecule has 1 aromatic rings. The number of amides is 3. The van der Waals surface area contributed by atoms with Crippen LogP contribution < -0.4 is 16.4 Å². The number of carbonyl (C=O) groups excluding carboxylic acids is 3. The number of likely N-dealkylation sites (tertiary alicyclic amines) is 1. The summed E-state index contributed by atoms with van der Waals surface area (Å²) in [4.78, 5) is 62.9. The topological polar surface area (TPSA) is 209 Å². The van der Waals surface area contributed by atoms with Gasteiger partial charge in [0, 0.05) is 26.5 Å². The fourth-order valence-electron chi connectivity index (χ4n) is 4.57. The van der Waals surface area contributed by atoms with Crippen LogP contribution in [0.15, 0.2) is 30.3 Å². The van der Waals surface area contributed by atoms with Crippen LogP contribution >= 0.6 is 0 Å². The number of carboxylic acid groups (broad SMARTS) is 2. The fourth-order valence-corrected chi connectivity index (χ4v) is 4.57. The molecule has 13 heteroatoms. The van der Waals surface area contributed by atoms with Gasteiger partial charge < -0.3 is 41.3 Å². The van der Waals surface area contributed by atoms with Crippen molar-refractivity contribution in [2.45, 2.75) is 81.8 Å². The molecule has 0 aromatic heterocycles. The van der Waals surface area contributed by atoms with Crippen molar-refractivity contribution in [3.63, 3.8) is 0 Å². The highest BCUT2D eigenvalue weighted by Crippen LogP contribution is 2.24. The number of nitrogens with two attached hydrogens (primary N) is 1. The maximum atomic E-state index is 13.6. The minimum Gasteiger partial charge on any atom is -0.481 e. The molecular weight excluding hydrogens is 512 g/mol. The quantitative estimate of drug-likeness (QED) is 0.171. The van der Waals surface area contributed by atoms with E-state index >= 15 is 0 Å². The van der Waals surface area contributed by atoms with Gasteiger partial charge in [-0.1, -0.05) is 30.3 Å². The highest BCUT2D eigenvalue weighted by Gasteiger charge is 2.40. The van der Waals surface area contributed by atoms with E-state index in [1.165, 1.54) is 18.9 Å². The zero-order valence-corrected chi connectivity index (χ0v) is 22.1. The van der Waals surface area contributed by atoms with Gasteiger partial charge in [0.05, 0.1) is 24.3 Å². The van der Waals surface area contributed by atoms with Gasteiger partial charge in [-0.15, -0.1) is 0 Å². The Labute approximate surface area is 226 Å². The number of benzene rings is 1. The lowest BCUT2D eigenvalue weighted by Crippen LogP contribution is -2.62. The number of aliphatic hydroxyl groups excluding tert-OH is 1. The van der Waals surface area contributed by atoms with Crippen molar-refractivity contribution in [2.75, 3.05) is 13.7 Å². The molecule has 1 aliphatic heterocycles. The number of nitrogens with zero attached hydrogens (tertiary/aromatic N) is 1. The fraction of sp³-hybridized carbons (Fsp3) is 0.577. The van der Waals surface area contributed by atoms with Gasteiger partial charge >= 0.3 is 11.9 Å². The van der Waals surface area contributed by atoms with Crippen LogP contribution in [-0.2, 0) is 35.1 Å². The number of carboxylic acids is 2. The number of hydrogen-bond acceptors (Lipinski definition) is 8. The zero-order chi connectivity index (χ0) is 29.1. The maximum Gasteiger partial charge on any atom is 0.326 e. The molecule has 6 atom stereocenters. The molecule has 7 N–H and O–H groups in total. The standard InChI is InChI=1S/C26H38N4O9/c1-15(31)23(29-24(35)17(27)13-16-7-4-3-5-8-16)25(36)30-12-6-9-20(39-2)19(30)14-21(32)28-18(26(37)38)10-11-22(33)34/h3-5,7-8,15,17-20,23,31H,6,9-14,27H2,1-2H3,(H,28,32)(H,29,35)(H,33,34)(H,37,38)/t15-,17-,18-,19+,20+,23-/m0/s1. The Bertz CT molecular complexity index is 1000. The average molecular weight is 551 g/mol. The summed E-state index contributed by atoms with van der Waals surface area (Å²) in [5.74, 6) is -4.55. The molecule has 216 valence electrons.